The molecule has 0 aliphatic heterocycles. The van der Waals surface area contributed by atoms with Gasteiger partial charge in [0.15, 0.2) is 0 Å². The maximum atomic E-state index is 12.2. The molecule has 0 saturated carbocycles. The van der Waals surface area contributed by atoms with E-state index in [0.717, 1.165) is 12.8 Å². The highest BCUT2D eigenvalue weighted by Gasteiger charge is 2.19. The molecule has 130 valence electrons. The largest absolute Gasteiger partial charge is 0.478 e. The normalized spacial score (nSPS) is 13.1. The lowest BCUT2D eigenvalue weighted by Crippen LogP contribution is -2.28. The standard InChI is InChI=1S/C16H26N2O4S/c1-5-6-12(4)18-15-8-7-13(9-14(15)16(19)20)23(21,22)17-10-11(2)3/h7-9,11-12,17-18H,5-6,10H2,1-4H3,(H,19,20)/t12-/m0/s1. The smallest absolute Gasteiger partial charge is 0.337 e. The van der Waals surface area contributed by atoms with Crippen LogP contribution in [0.15, 0.2) is 23.1 Å². The Labute approximate surface area is 138 Å². The molecule has 0 heterocycles. The van der Waals surface area contributed by atoms with E-state index in [1.807, 2.05) is 27.7 Å². The lowest BCUT2D eigenvalue weighted by atomic mass is 10.1. The van der Waals surface area contributed by atoms with Crippen molar-refractivity contribution in [2.75, 3.05) is 11.9 Å². The summed E-state index contributed by atoms with van der Waals surface area (Å²) in [5.41, 5.74) is 0.390. The topological polar surface area (TPSA) is 95.5 Å². The predicted octanol–water partition coefficient (Wildman–Crippen LogP) is 2.92. The molecular formula is C16H26N2O4S. The SMILES string of the molecule is CCC[C@H](C)Nc1ccc(S(=O)(=O)NCC(C)C)cc1C(=O)O. The number of hydrogen-bond acceptors (Lipinski definition) is 4. The van der Waals surface area contributed by atoms with Gasteiger partial charge in [-0.2, -0.15) is 0 Å². The first-order valence-electron chi connectivity index (χ1n) is 7.81. The van der Waals surface area contributed by atoms with Gasteiger partial charge >= 0.3 is 5.97 Å². The van der Waals surface area contributed by atoms with Crippen LogP contribution in [0.1, 0.15) is 50.9 Å². The molecule has 0 aliphatic carbocycles. The maximum absolute atomic E-state index is 12.2. The summed E-state index contributed by atoms with van der Waals surface area (Å²) in [6.07, 6.45) is 1.87. The van der Waals surface area contributed by atoms with Gasteiger partial charge in [-0.05, 0) is 37.5 Å². The van der Waals surface area contributed by atoms with Gasteiger partial charge in [-0.15, -0.1) is 0 Å². The van der Waals surface area contributed by atoms with E-state index in [1.54, 1.807) is 0 Å². The minimum absolute atomic E-state index is 0.0377. The molecule has 7 heteroatoms. The van der Waals surface area contributed by atoms with Crippen molar-refractivity contribution in [3.63, 3.8) is 0 Å². The van der Waals surface area contributed by atoms with Gasteiger partial charge in [-0.1, -0.05) is 27.2 Å². The summed E-state index contributed by atoms with van der Waals surface area (Å²) in [7, 11) is -3.71. The quantitative estimate of drug-likeness (QED) is 0.641. The Kier molecular flexibility index (Phi) is 7.02. The van der Waals surface area contributed by atoms with Crippen LogP contribution in [0.3, 0.4) is 0 Å². The average molecular weight is 342 g/mol. The molecule has 0 saturated heterocycles. The molecule has 0 unspecified atom stereocenters. The van der Waals surface area contributed by atoms with E-state index in [2.05, 4.69) is 10.0 Å². The fourth-order valence-corrected chi connectivity index (χ4v) is 3.36. The fourth-order valence-electron chi connectivity index (χ4n) is 2.12. The van der Waals surface area contributed by atoms with Gasteiger partial charge in [0, 0.05) is 18.3 Å². The second kappa shape index (κ2) is 8.31. The van der Waals surface area contributed by atoms with Crippen molar-refractivity contribution in [2.45, 2.75) is 51.5 Å². The van der Waals surface area contributed by atoms with E-state index in [4.69, 9.17) is 0 Å². The number of carbonyl (C=O) groups is 1. The summed E-state index contributed by atoms with van der Waals surface area (Å²) in [4.78, 5) is 11.4. The number of sulfonamides is 1. The molecule has 0 amide bonds. The van der Waals surface area contributed by atoms with Crippen LogP contribution >= 0.6 is 0 Å². The van der Waals surface area contributed by atoms with Gasteiger partial charge in [-0.25, -0.2) is 17.9 Å². The van der Waals surface area contributed by atoms with E-state index < -0.39 is 16.0 Å². The monoisotopic (exact) mass is 342 g/mol. The van der Waals surface area contributed by atoms with E-state index in [9.17, 15) is 18.3 Å². The van der Waals surface area contributed by atoms with E-state index in [-0.39, 0.29) is 22.4 Å². The van der Waals surface area contributed by atoms with Crippen LogP contribution in [0.5, 0.6) is 0 Å². The van der Waals surface area contributed by atoms with Crippen LogP contribution in [0.4, 0.5) is 5.69 Å². The van der Waals surface area contributed by atoms with Gasteiger partial charge in [-0.3, -0.25) is 0 Å². The van der Waals surface area contributed by atoms with Gasteiger partial charge in [0.25, 0.3) is 0 Å². The number of nitrogens with one attached hydrogen (secondary N) is 2. The average Bonchev–Trinajstić information content (AvgIpc) is 2.45. The van der Waals surface area contributed by atoms with Gasteiger partial charge < -0.3 is 10.4 Å². The summed E-state index contributed by atoms with van der Waals surface area (Å²) >= 11 is 0. The van der Waals surface area contributed by atoms with Crippen molar-refractivity contribution in [1.29, 1.82) is 0 Å². The number of carboxylic acid groups (broad SMARTS) is 1. The molecule has 0 fully saturated rings. The maximum Gasteiger partial charge on any atom is 0.337 e. The van der Waals surface area contributed by atoms with Crippen molar-refractivity contribution < 1.29 is 18.3 Å². The Morgan fingerprint density at radius 1 is 1.26 bits per heavy atom. The zero-order valence-corrected chi connectivity index (χ0v) is 14.9. The minimum Gasteiger partial charge on any atom is -0.478 e. The van der Waals surface area contributed by atoms with E-state index in [0.29, 0.717) is 12.2 Å². The van der Waals surface area contributed by atoms with E-state index >= 15 is 0 Å². The molecule has 1 aromatic carbocycles. The predicted molar refractivity (Wildman–Crippen MR) is 91.4 cm³/mol. The molecule has 0 radical (unpaired) electrons. The van der Waals surface area contributed by atoms with Crippen molar-refractivity contribution in [3.8, 4) is 0 Å². The summed E-state index contributed by atoms with van der Waals surface area (Å²) < 4.78 is 26.9. The van der Waals surface area contributed by atoms with E-state index in [1.165, 1.54) is 18.2 Å². The highest BCUT2D eigenvalue weighted by molar-refractivity contribution is 7.89. The number of rotatable bonds is 9. The number of carboxylic acids is 1. The Bertz CT molecular complexity index is 641. The van der Waals surface area contributed by atoms with Gasteiger partial charge in [0.05, 0.1) is 10.5 Å². The highest BCUT2D eigenvalue weighted by atomic mass is 32.2. The third kappa shape index (κ3) is 5.84. The molecule has 0 spiro atoms. The van der Waals surface area contributed by atoms with Crippen molar-refractivity contribution in [1.82, 2.24) is 4.72 Å². The minimum atomic E-state index is -3.71. The van der Waals surface area contributed by atoms with Crippen molar-refractivity contribution in [2.24, 2.45) is 5.92 Å². The molecule has 0 bridgehead atoms. The van der Waals surface area contributed by atoms with Crippen LogP contribution in [0.25, 0.3) is 0 Å². The first-order valence-corrected chi connectivity index (χ1v) is 9.29. The molecule has 0 aliphatic rings. The highest BCUT2D eigenvalue weighted by Crippen LogP contribution is 2.22. The van der Waals surface area contributed by atoms with Crippen LogP contribution in [-0.4, -0.2) is 32.1 Å². The summed E-state index contributed by atoms with van der Waals surface area (Å²) in [6.45, 7) is 8.11. The zero-order chi connectivity index (χ0) is 17.6. The molecular weight excluding hydrogens is 316 g/mol. The number of aromatic carboxylic acids is 1. The summed E-state index contributed by atoms with van der Waals surface area (Å²) in [5.74, 6) is -0.989. The Morgan fingerprint density at radius 3 is 2.43 bits per heavy atom. The molecule has 1 atom stereocenters. The molecule has 6 nitrogen and oxygen atoms in total. The third-order valence-corrected chi connectivity index (χ3v) is 4.76. The Balaban J connectivity index is 3.10. The second-order valence-corrected chi connectivity index (χ2v) is 7.86. The number of anilines is 1. The first kappa shape index (κ1) is 19.4. The Morgan fingerprint density at radius 2 is 1.91 bits per heavy atom. The molecule has 1 aromatic rings. The number of hydrogen-bond donors (Lipinski definition) is 3. The van der Waals surface area contributed by atoms with Gasteiger partial charge in [0.2, 0.25) is 10.0 Å². The van der Waals surface area contributed by atoms with Crippen LogP contribution < -0.4 is 10.0 Å². The van der Waals surface area contributed by atoms with Crippen molar-refractivity contribution in [3.05, 3.63) is 23.8 Å². The van der Waals surface area contributed by atoms with Crippen LogP contribution in [-0.2, 0) is 10.0 Å². The fraction of sp³-hybridized carbons (Fsp3) is 0.562. The van der Waals surface area contributed by atoms with Crippen molar-refractivity contribution >= 4 is 21.7 Å². The number of benzene rings is 1. The zero-order valence-electron chi connectivity index (χ0n) is 14.1. The lowest BCUT2D eigenvalue weighted by molar-refractivity contribution is 0.0697. The molecule has 0 aromatic heterocycles. The van der Waals surface area contributed by atoms with Gasteiger partial charge in [0.1, 0.15) is 0 Å². The molecule has 3 N–H and O–H groups in total. The van der Waals surface area contributed by atoms with Crippen LogP contribution in [0, 0.1) is 5.92 Å². The molecule has 1 rings (SSSR count). The van der Waals surface area contributed by atoms with Crippen LogP contribution in [0.2, 0.25) is 0 Å². The summed E-state index contributed by atoms with van der Waals surface area (Å²) in [5, 5.41) is 12.5. The lowest BCUT2D eigenvalue weighted by Gasteiger charge is -2.17. The summed E-state index contributed by atoms with van der Waals surface area (Å²) in [6, 6.07) is 4.25. The second-order valence-electron chi connectivity index (χ2n) is 6.09. The first-order chi connectivity index (χ1) is 10.7. The molecule has 23 heavy (non-hydrogen) atoms. The Hall–Kier alpha value is -1.60. The third-order valence-electron chi connectivity index (χ3n) is 3.34.